The van der Waals surface area contributed by atoms with Crippen LogP contribution in [0, 0.1) is 5.41 Å². The van der Waals surface area contributed by atoms with Crippen LogP contribution in [0.2, 0.25) is 0 Å². The van der Waals surface area contributed by atoms with E-state index in [1.807, 2.05) is 7.05 Å². The summed E-state index contributed by atoms with van der Waals surface area (Å²) in [6.45, 7) is 0.708. The fraction of sp³-hybridized carbons (Fsp3) is 0.867. The molecule has 0 saturated heterocycles. The molecule has 0 unspecified atom stereocenters. The lowest BCUT2D eigenvalue weighted by molar-refractivity contribution is -0.139. The van der Waals surface area contributed by atoms with Gasteiger partial charge in [-0.1, -0.05) is 18.0 Å². The number of hydrogen-bond acceptors (Lipinski definition) is 4. The van der Waals surface area contributed by atoms with Gasteiger partial charge in [0.05, 0.1) is 0 Å². The monoisotopic (exact) mass is 296 g/mol. The van der Waals surface area contributed by atoms with E-state index in [0.717, 1.165) is 25.7 Å². The van der Waals surface area contributed by atoms with Gasteiger partial charge in [-0.05, 0) is 46.2 Å². The highest BCUT2D eigenvalue weighted by molar-refractivity contribution is 6.07. The van der Waals surface area contributed by atoms with Gasteiger partial charge in [0.1, 0.15) is 5.41 Å². The Labute approximate surface area is 127 Å². The second-order valence-corrected chi connectivity index (χ2v) is 6.91. The van der Waals surface area contributed by atoms with Gasteiger partial charge in [-0.25, -0.2) is 0 Å². The molecular formula is C15H28N4O2. The molecule has 0 aromatic rings. The number of likely N-dealkylation sites (N-methyl/N-ethyl adjacent to an activating group) is 2. The van der Waals surface area contributed by atoms with Crippen molar-refractivity contribution in [1.29, 1.82) is 0 Å². The van der Waals surface area contributed by atoms with Crippen molar-refractivity contribution in [2.24, 2.45) is 16.3 Å². The van der Waals surface area contributed by atoms with E-state index in [1.165, 1.54) is 6.42 Å². The zero-order valence-corrected chi connectivity index (χ0v) is 13.4. The number of oxime groups is 1. The first kappa shape index (κ1) is 16.1. The van der Waals surface area contributed by atoms with E-state index in [4.69, 9.17) is 10.9 Å². The van der Waals surface area contributed by atoms with Gasteiger partial charge < -0.3 is 20.7 Å². The van der Waals surface area contributed by atoms with Crippen molar-refractivity contribution in [3.63, 3.8) is 0 Å². The molecule has 0 aromatic carbocycles. The molecule has 2 aliphatic carbocycles. The van der Waals surface area contributed by atoms with Gasteiger partial charge in [0.25, 0.3) is 0 Å². The average molecular weight is 296 g/mol. The van der Waals surface area contributed by atoms with Crippen LogP contribution in [0.15, 0.2) is 5.16 Å². The van der Waals surface area contributed by atoms with Gasteiger partial charge in [-0.15, -0.1) is 0 Å². The minimum Gasteiger partial charge on any atom is -0.409 e. The van der Waals surface area contributed by atoms with E-state index >= 15 is 0 Å². The second-order valence-electron chi connectivity index (χ2n) is 6.91. The summed E-state index contributed by atoms with van der Waals surface area (Å²) in [7, 11) is 6.00. The van der Waals surface area contributed by atoms with E-state index in [0.29, 0.717) is 19.4 Å². The molecule has 120 valence electrons. The van der Waals surface area contributed by atoms with E-state index in [9.17, 15) is 4.79 Å². The summed E-state index contributed by atoms with van der Waals surface area (Å²) >= 11 is 0. The molecule has 1 amide bonds. The summed E-state index contributed by atoms with van der Waals surface area (Å²) in [4.78, 5) is 17.0. The third-order valence-corrected chi connectivity index (χ3v) is 5.58. The highest BCUT2D eigenvalue weighted by Crippen LogP contribution is 2.42. The third-order valence-electron chi connectivity index (χ3n) is 5.58. The zero-order chi connectivity index (χ0) is 15.7. The first-order chi connectivity index (χ1) is 9.88. The maximum Gasteiger partial charge on any atom is 0.236 e. The maximum atomic E-state index is 12.9. The van der Waals surface area contributed by atoms with Crippen molar-refractivity contribution in [1.82, 2.24) is 9.80 Å². The van der Waals surface area contributed by atoms with E-state index in [-0.39, 0.29) is 17.3 Å². The Bertz CT molecular complexity index is 423. The van der Waals surface area contributed by atoms with Gasteiger partial charge in [0.2, 0.25) is 5.91 Å². The van der Waals surface area contributed by atoms with Crippen LogP contribution >= 0.6 is 0 Å². The molecule has 21 heavy (non-hydrogen) atoms. The van der Waals surface area contributed by atoms with Crippen LogP contribution in [0.4, 0.5) is 0 Å². The van der Waals surface area contributed by atoms with Gasteiger partial charge in [-0.2, -0.15) is 0 Å². The molecule has 0 radical (unpaired) electrons. The van der Waals surface area contributed by atoms with Crippen LogP contribution in [0.3, 0.4) is 0 Å². The molecule has 2 fully saturated rings. The molecule has 2 saturated carbocycles. The quantitative estimate of drug-likeness (QED) is 0.346. The fourth-order valence-corrected chi connectivity index (χ4v) is 3.86. The summed E-state index contributed by atoms with van der Waals surface area (Å²) in [5.74, 6) is 0.0767. The number of hydrogen-bond donors (Lipinski definition) is 2. The average Bonchev–Trinajstić information content (AvgIpc) is 2.90. The largest absolute Gasteiger partial charge is 0.409 e. The molecular weight excluding hydrogens is 268 g/mol. The number of amides is 1. The van der Waals surface area contributed by atoms with Crippen molar-refractivity contribution < 1.29 is 10.0 Å². The van der Waals surface area contributed by atoms with Crippen LogP contribution in [-0.2, 0) is 4.79 Å². The Hall–Kier alpha value is -1.30. The molecule has 0 bridgehead atoms. The van der Waals surface area contributed by atoms with Crippen LogP contribution in [-0.4, -0.2) is 60.0 Å². The Kier molecular flexibility index (Phi) is 4.46. The predicted octanol–water partition coefficient (Wildman–Crippen LogP) is 1.24. The highest BCUT2D eigenvalue weighted by atomic mass is 16.4. The van der Waals surface area contributed by atoms with Crippen molar-refractivity contribution in [3.05, 3.63) is 0 Å². The summed E-state index contributed by atoms with van der Waals surface area (Å²) in [6.07, 6.45) is 6.72. The van der Waals surface area contributed by atoms with E-state index in [1.54, 1.807) is 4.90 Å². The van der Waals surface area contributed by atoms with Crippen molar-refractivity contribution in [2.75, 3.05) is 27.7 Å². The first-order valence-corrected chi connectivity index (χ1v) is 7.79. The molecule has 0 aromatic heterocycles. The molecule has 3 N–H and O–H groups in total. The molecule has 6 nitrogen and oxygen atoms in total. The van der Waals surface area contributed by atoms with E-state index in [2.05, 4.69) is 24.2 Å². The number of nitrogens with zero attached hydrogens (tertiary/aromatic N) is 3. The lowest BCUT2D eigenvalue weighted by Gasteiger charge is -2.50. The van der Waals surface area contributed by atoms with Gasteiger partial charge >= 0.3 is 0 Å². The Morgan fingerprint density at radius 2 is 1.71 bits per heavy atom. The summed E-state index contributed by atoms with van der Waals surface area (Å²) in [5.41, 5.74) is 5.17. The normalized spacial score (nSPS) is 23.9. The molecule has 2 rings (SSSR count). The molecule has 6 heteroatoms. The third kappa shape index (κ3) is 2.61. The smallest absolute Gasteiger partial charge is 0.236 e. The molecule has 0 aliphatic heterocycles. The lowest BCUT2D eigenvalue weighted by atomic mass is 9.74. The van der Waals surface area contributed by atoms with Crippen LogP contribution in [0.25, 0.3) is 0 Å². The Morgan fingerprint density at radius 3 is 2.10 bits per heavy atom. The van der Waals surface area contributed by atoms with Gasteiger partial charge in [-0.3, -0.25) is 4.79 Å². The molecule has 0 atom stereocenters. The van der Waals surface area contributed by atoms with Crippen molar-refractivity contribution >= 4 is 11.7 Å². The first-order valence-electron chi connectivity index (χ1n) is 7.79. The number of carbonyl (C=O) groups excluding carboxylic acids is 1. The molecule has 0 heterocycles. The standard InChI is InChI=1S/C15H28N4O2/c1-18(2)14(7-6-8-14)11-19(3)13(20)15(12(16)17-21)9-4-5-10-15/h21H,4-11H2,1-3H3,(H2,16,17). The van der Waals surface area contributed by atoms with E-state index < -0.39 is 5.41 Å². The topological polar surface area (TPSA) is 82.2 Å². The lowest BCUT2D eigenvalue weighted by Crippen LogP contribution is -2.59. The molecule has 2 aliphatic rings. The number of rotatable bonds is 5. The minimum atomic E-state index is -0.791. The summed E-state index contributed by atoms with van der Waals surface area (Å²) in [5, 5.41) is 12.2. The van der Waals surface area contributed by atoms with Crippen LogP contribution < -0.4 is 5.73 Å². The van der Waals surface area contributed by atoms with Crippen LogP contribution in [0.5, 0.6) is 0 Å². The van der Waals surface area contributed by atoms with Crippen molar-refractivity contribution in [3.8, 4) is 0 Å². The molecule has 0 spiro atoms. The van der Waals surface area contributed by atoms with Crippen LogP contribution in [0.1, 0.15) is 44.9 Å². The Balaban J connectivity index is 2.14. The number of amidine groups is 1. The second kappa shape index (κ2) is 5.83. The predicted molar refractivity (Wildman–Crippen MR) is 82.2 cm³/mol. The fourth-order valence-electron chi connectivity index (χ4n) is 3.86. The van der Waals surface area contributed by atoms with Gasteiger partial charge in [0, 0.05) is 19.1 Å². The highest BCUT2D eigenvalue weighted by Gasteiger charge is 2.49. The van der Waals surface area contributed by atoms with Crippen molar-refractivity contribution in [2.45, 2.75) is 50.5 Å². The van der Waals surface area contributed by atoms with Gasteiger partial charge in [0.15, 0.2) is 5.84 Å². The Morgan fingerprint density at radius 1 is 1.14 bits per heavy atom. The summed E-state index contributed by atoms with van der Waals surface area (Å²) in [6, 6.07) is 0. The zero-order valence-electron chi connectivity index (χ0n) is 13.4. The number of nitrogens with two attached hydrogens (primary N) is 1. The minimum absolute atomic E-state index is 0.00317. The summed E-state index contributed by atoms with van der Waals surface area (Å²) < 4.78 is 0. The number of carbonyl (C=O) groups is 1. The SMILES string of the molecule is CN(CC1(N(C)C)CCC1)C(=O)C1(C(N)=NO)CCCC1. The maximum absolute atomic E-state index is 12.9.